The highest BCUT2D eigenvalue weighted by molar-refractivity contribution is 6.16. The minimum Gasteiger partial charge on any atom is -0.289 e. The third-order valence-corrected chi connectivity index (χ3v) is 5.56. The Morgan fingerprint density at radius 3 is 1.50 bits per heavy atom. The van der Waals surface area contributed by atoms with E-state index in [0.717, 1.165) is 35.1 Å². The van der Waals surface area contributed by atoms with E-state index in [1.54, 1.807) is 0 Å². The van der Waals surface area contributed by atoms with Crippen molar-refractivity contribution in [2.75, 3.05) is 0 Å². The second-order valence-corrected chi connectivity index (χ2v) is 7.31. The van der Waals surface area contributed by atoms with Crippen LogP contribution in [0.25, 0.3) is 34.4 Å². The molecule has 0 amide bonds. The number of carbonyl (C=O) groups is 1. The monoisotopic (exact) mass is 360 g/mol. The van der Waals surface area contributed by atoms with Gasteiger partial charge in [-0.25, -0.2) is 0 Å². The van der Waals surface area contributed by atoms with Gasteiger partial charge in [0.05, 0.1) is 0 Å². The number of ketones is 1. The Labute approximate surface area is 165 Å². The maximum atomic E-state index is 13.0. The van der Waals surface area contributed by atoms with E-state index < -0.39 is 0 Å². The molecule has 0 bridgehead atoms. The van der Waals surface area contributed by atoms with Crippen LogP contribution in [0.4, 0.5) is 0 Å². The predicted molar refractivity (Wildman–Crippen MR) is 116 cm³/mol. The fourth-order valence-corrected chi connectivity index (χ4v) is 4.08. The largest absolute Gasteiger partial charge is 0.289 e. The molecule has 0 aromatic heterocycles. The fourth-order valence-electron chi connectivity index (χ4n) is 4.08. The molecule has 0 unspecified atom stereocenters. The molecule has 1 saturated carbocycles. The van der Waals surface area contributed by atoms with E-state index >= 15 is 0 Å². The van der Waals surface area contributed by atoms with Gasteiger partial charge in [-0.2, -0.15) is 0 Å². The normalized spacial score (nSPS) is 17.2. The minimum absolute atomic E-state index is 0.185. The quantitative estimate of drug-likeness (QED) is 0.362. The van der Waals surface area contributed by atoms with E-state index in [2.05, 4.69) is 60.7 Å². The molecule has 0 spiro atoms. The van der Waals surface area contributed by atoms with Gasteiger partial charge in [0.1, 0.15) is 0 Å². The second-order valence-electron chi connectivity index (χ2n) is 7.31. The molecule has 0 radical (unpaired) electrons. The molecule has 134 valence electrons. The SMILES string of the molecule is O=C1/C(=C\c2ccc3cccccc2-3)CC/C1=C\c1ccc2cccccc1-2. The van der Waals surface area contributed by atoms with Crippen LogP contribution < -0.4 is 0 Å². The molecule has 0 N–H and O–H groups in total. The molecule has 5 aliphatic rings. The average Bonchev–Trinajstić information content (AvgIpc) is 3.22. The van der Waals surface area contributed by atoms with Crippen LogP contribution in [0.1, 0.15) is 24.0 Å². The molecule has 1 heteroatoms. The van der Waals surface area contributed by atoms with Gasteiger partial charge in [-0.3, -0.25) is 4.79 Å². The summed E-state index contributed by atoms with van der Waals surface area (Å²) in [5.74, 6) is 0.185. The number of Topliss-reactive ketones (excluding diaryl/α,β-unsaturated/α-hetero) is 1. The topological polar surface area (TPSA) is 17.1 Å². The number of hydrogen-bond donors (Lipinski definition) is 0. The molecule has 0 heterocycles. The zero-order valence-corrected chi connectivity index (χ0v) is 15.6. The van der Waals surface area contributed by atoms with Gasteiger partial charge in [0.15, 0.2) is 5.78 Å². The summed E-state index contributed by atoms with van der Waals surface area (Å²) >= 11 is 0. The molecule has 5 rings (SSSR count). The third-order valence-electron chi connectivity index (χ3n) is 5.56. The lowest BCUT2D eigenvalue weighted by molar-refractivity contribution is -0.111. The van der Waals surface area contributed by atoms with Crippen LogP contribution in [0, 0.1) is 0 Å². The summed E-state index contributed by atoms with van der Waals surface area (Å²) < 4.78 is 0. The predicted octanol–water partition coefficient (Wildman–Crippen LogP) is 6.73. The van der Waals surface area contributed by atoms with E-state index in [-0.39, 0.29) is 5.78 Å². The number of allylic oxidation sites excluding steroid dienone is 2. The summed E-state index contributed by atoms with van der Waals surface area (Å²) in [5.41, 5.74) is 8.86. The molecule has 0 aliphatic heterocycles. The zero-order valence-electron chi connectivity index (χ0n) is 15.6. The van der Waals surface area contributed by atoms with Crippen LogP contribution >= 0.6 is 0 Å². The number of hydrogen-bond acceptors (Lipinski definition) is 1. The second kappa shape index (κ2) is 6.94. The molecule has 0 atom stereocenters. The van der Waals surface area contributed by atoms with Crippen molar-refractivity contribution in [2.45, 2.75) is 12.8 Å². The Balaban J connectivity index is 1.47. The van der Waals surface area contributed by atoms with Crippen LogP contribution in [0.15, 0.2) is 96.1 Å². The molecule has 0 aromatic carbocycles. The summed E-state index contributed by atoms with van der Waals surface area (Å²) in [5, 5.41) is 0. The zero-order chi connectivity index (χ0) is 18.9. The van der Waals surface area contributed by atoms with Gasteiger partial charge in [0.2, 0.25) is 0 Å². The first-order valence-corrected chi connectivity index (χ1v) is 9.71. The highest BCUT2D eigenvalue weighted by Gasteiger charge is 2.24. The van der Waals surface area contributed by atoms with Crippen LogP contribution in [0.3, 0.4) is 0 Å². The summed E-state index contributed by atoms with van der Waals surface area (Å²) in [6.07, 6.45) is 5.77. The van der Waals surface area contributed by atoms with E-state index in [1.165, 1.54) is 22.3 Å². The molecule has 0 aromatic rings. The highest BCUT2D eigenvalue weighted by atomic mass is 16.1. The Kier molecular flexibility index (Phi) is 4.14. The van der Waals surface area contributed by atoms with Gasteiger partial charge in [0.25, 0.3) is 0 Å². The molecule has 1 nitrogen and oxygen atoms in total. The van der Waals surface area contributed by atoms with Crippen LogP contribution in [-0.2, 0) is 4.79 Å². The lowest BCUT2D eigenvalue weighted by atomic mass is 10.0. The molecule has 0 saturated heterocycles. The number of rotatable bonds is 2. The van der Waals surface area contributed by atoms with Crippen molar-refractivity contribution in [1.29, 1.82) is 0 Å². The van der Waals surface area contributed by atoms with Crippen molar-refractivity contribution in [3.05, 3.63) is 107 Å². The fraction of sp³-hybridized carbons (Fsp3) is 0.0741. The molecule has 5 aliphatic carbocycles. The first kappa shape index (κ1) is 16.7. The van der Waals surface area contributed by atoms with Crippen molar-refractivity contribution in [3.63, 3.8) is 0 Å². The van der Waals surface area contributed by atoms with Gasteiger partial charge in [-0.15, -0.1) is 0 Å². The van der Waals surface area contributed by atoms with Gasteiger partial charge < -0.3 is 0 Å². The maximum Gasteiger partial charge on any atom is 0.185 e. The van der Waals surface area contributed by atoms with E-state index in [1.807, 2.05) is 36.4 Å². The lowest BCUT2D eigenvalue weighted by Crippen LogP contribution is -1.95. The average molecular weight is 360 g/mol. The van der Waals surface area contributed by atoms with Gasteiger partial charge >= 0.3 is 0 Å². The van der Waals surface area contributed by atoms with Crippen molar-refractivity contribution in [1.82, 2.24) is 0 Å². The van der Waals surface area contributed by atoms with Gasteiger partial charge in [-0.1, -0.05) is 84.9 Å². The van der Waals surface area contributed by atoms with E-state index in [4.69, 9.17) is 0 Å². The van der Waals surface area contributed by atoms with Crippen LogP contribution in [0.5, 0.6) is 0 Å². The van der Waals surface area contributed by atoms with Crippen LogP contribution in [0.2, 0.25) is 0 Å². The van der Waals surface area contributed by atoms with Crippen molar-refractivity contribution >= 4 is 17.9 Å². The molecular formula is C27H20O. The third kappa shape index (κ3) is 2.95. The van der Waals surface area contributed by atoms with Crippen molar-refractivity contribution < 1.29 is 4.79 Å². The lowest BCUT2D eigenvalue weighted by Gasteiger charge is -1.99. The van der Waals surface area contributed by atoms with Gasteiger partial charge in [-0.05, 0) is 58.4 Å². The first-order valence-electron chi connectivity index (χ1n) is 9.71. The first-order chi connectivity index (χ1) is 13.8. The number of fused-ring (bicyclic) bond motifs is 2. The maximum absolute atomic E-state index is 13.0. The molecular weight excluding hydrogens is 340 g/mol. The smallest absolute Gasteiger partial charge is 0.185 e. The Morgan fingerprint density at radius 1 is 0.536 bits per heavy atom. The summed E-state index contributed by atoms with van der Waals surface area (Å²) in [7, 11) is 0. The number of carbonyl (C=O) groups excluding carboxylic acids is 1. The summed E-state index contributed by atoms with van der Waals surface area (Å²) in [6.45, 7) is 0. The minimum atomic E-state index is 0.185. The molecule has 1 fully saturated rings. The van der Waals surface area contributed by atoms with Crippen molar-refractivity contribution in [3.8, 4) is 22.3 Å². The van der Waals surface area contributed by atoms with Crippen molar-refractivity contribution in [2.24, 2.45) is 0 Å². The van der Waals surface area contributed by atoms with Gasteiger partial charge in [0, 0.05) is 11.1 Å². The Morgan fingerprint density at radius 2 is 1.00 bits per heavy atom. The van der Waals surface area contributed by atoms with Crippen LogP contribution in [-0.4, -0.2) is 5.78 Å². The summed E-state index contributed by atoms with van der Waals surface area (Å²) in [4.78, 5) is 13.0. The Bertz CT molecular complexity index is 1090. The summed E-state index contributed by atoms with van der Waals surface area (Å²) in [6, 6.07) is 29.2. The molecule has 28 heavy (non-hydrogen) atoms. The standard InChI is InChI=1S/C27H20O/c28-27-23(17-21-13-11-19-7-3-1-5-9-25(19)21)15-16-24(27)18-22-14-12-20-8-4-2-6-10-26(20)22/h1-14,17-18H,15-16H2/b23-17-,24-18+. The Hall–Kier alpha value is -3.45. The van der Waals surface area contributed by atoms with E-state index in [0.29, 0.717) is 0 Å². The van der Waals surface area contributed by atoms with E-state index in [9.17, 15) is 4.79 Å². The highest BCUT2D eigenvalue weighted by Crippen LogP contribution is 2.35.